The van der Waals surface area contributed by atoms with Gasteiger partial charge < -0.3 is 5.32 Å². The largest absolute Gasteiger partial charge is 0.356 e. The Morgan fingerprint density at radius 1 is 0.474 bits per heavy atom. The van der Waals surface area contributed by atoms with Gasteiger partial charge >= 0.3 is 0 Å². The molecule has 0 saturated heterocycles. The van der Waals surface area contributed by atoms with E-state index in [0.717, 1.165) is 22.6 Å². The SMILES string of the molecule is c1ccc(C2(c3ccccc3)c3ccccc3-c3ccc(Nc4ccc(-c5ccccn5)cc4)cc32)cc1. The molecule has 7 rings (SSSR count). The van der Waals surface area contributed by atoms with Gasteiger partial charge in [0.2, 0.25) is 0 Å². The van der Waals surface area contributed by atoms with Gasteiger partial charge in [-0.15, -0.1) is 0 Å². The predicted molar refractivity (Wildman–Crippen MR) is 157 cm³/mol. The normalized spacial score (nSPS) is 12.9. The molecule has 6 aromatic rings. The summed E-state index contributed by atoms with van der Waals surface area (Å²) in [5.74, 6) is 0. The van der Waals surface area contributed by atoms with Gasteiger partial charge in [0.05, 0.1) is 11.1 Å². The average molecular weight is 487 g/mol. The lowest BCUT2D eigenvalue weighted by Gasteiger charge is -2.34. The van der Waals surface area contributed by atoms with Crippen LogP contribution in [0.3, 0.4) is 0 Å². The lowest BCUT2D eigenvalue weighted by molar-refractivity contribution is 0.769. The highest BCUT2D eigenvalue weighted by Crippen LogP contribution is 2.56. The van der Waals surface area contributed by atoms with Crippen molar-refractivity contribution in [3.8, 4) is 22.4 Å². The maximum Gasteiger partial charge on any atom is 0.0714 e. The third-order valence-corrected chi connectivity index (χ3v) is 7.59. The number of hydrogen-bond acceptors (Lipinski definition) is 2. The standard InChI is InChI=1S/C36H26N2/c1-3-11-27(12-4-1)36(28-13-5-2-6-14-28)33-16-8-7-15-31(33)32-23-22-30(25-34(32)36)38-29-20-18-26(19-21-29)35-17-9-10-24-37-35/h1-25,38H. The molecule has 0 amide bonds. The maximum atomic E-state index is 4.47. The summed E-state index contributed by atoms with van der Waals surface area (Å²) in [5.41, 5.74) is 11.5. The summed E-state index contributed by atoms with van der Waals surface area (Å²) >= 11 is 0. The highest BCUT2D eigenvalue weighted by Gasteiger charge is 2.45. The molecular weight excluding hydrogens is 460 g/mol. The van der Waals surface area contributed by atoms with Gasteiger partial charge in [-0.25, -0.2) is 0 Å². The van der Waals surface area contributed by atoms with Crippen LogP contribution in [-0.2, 0) is 5.41 Å². The second-order valence-electron chi connectivity index (χ2n) is 9.71. The molecule has 0 saturated carbocycles. The van der Waals surface area contributed by atoms with E-state index in [-0.39, 0.29) is 0 Å². The van der Waals surface area contributed by atoms with Crippen LogP contribution in [-0.4, -0.2) is 4.98 Å². The van der Waals surface area contributed by atoms with Crippen molar-refractivity contribution >= 4 is 11.4 Å². The van der Waals surface area contributed by atoms with Crippen molar-refractivity contribution < 1.29 is 0 Å². The van der Waals surface area contributed by atoms with Crippen LogP contribution in [0.4, 0.5) is 11.4 Å². The first kappa shape index (κ1) is 22.3. The van der Waals surface area contributed by atoms with Gasteiger partial charge in [0, 0.05) is 23.1 Å². The molecule has 1 aliphatic rings. The van der Waals surface area contributed by atoms with E-state index in [1.165, 1.54) is 33.4 Å². The number of hydrogen-bond donors (Lipinski definition) is 1. The summed E-state index contributed by atoms with van der Waals surface area (Å²) in [5, 5.41) is 3.66. The lowest BCUT2D eigenvalue weighted by atomic mass is 9.67. The molecule has 1 aliphatic carbocycles. The Morgan fingerprint density at radius 2 is 1.08 bits per heavy atom. The van der Waals surface area contributed by atoms with Crippen LogP contribution in [0, 0.1) is 0 Å². The van der Waals surface area contributed by atoms with Crippen LogP contribution < -0.4 is 5.32 Å². The minimum Gasteiger partial charge on any atom is -0.356 e. The van der Waals surface area contributed by atoms with Crippen molar-refractivity contribution in [1.82, 2.24) is 4.98 Å². The Balaban J connectivity index is 1.37. The molecule has 2 nitrogen and oxygen atoms in total. The first-order valence-corrected chi connectivity index (χ1v) is 13.0. The fourth-order valence-corrected chi connectivity index (χ4v) is 5.95. The van der Waals surface area contributed by atoms with Crippen LogP contribution in [0.25, 0.3) is 22.4 Å². The fourth-order valence-electron chi connectivity index (χ4n) is 5.95. The van der Waals surface area contributed by atoms with E-state index >= 15 is 0 Å². The minimum atomic E-state index is -0.394. The first-order chi connectivity index (χ1) is 18.8. The Morgan fingerprint density at radius 3 is 1.76 bits per heavy atom. The summed E-state index contributed by atoms with van der Waals surface area (Å²) in [6, 6.07) is 51.9. The maximum absolute atomic E-state index is 4.47. The number of benzene rings is 5. The minimum absolute atomic E-state index is 0.394. The van der Waals surface area contributed by atoms with E-state index in [0.29, 0.717) is 0 Å². The number of pyridine rings is 1. The summed E-state index contributed by atoms with van der Waals surface area (Å²) in [4.78, 5) is 4.47. The summed E-state index contributed by atoms with van der Waals surface area (Å²) in [7, 11) is 0. The number of rotatable bonds is 5. The molecule has 0 bridgehead atoms. The van der Waals surface area contributed by atoms with Gasteiger partial charge in [0.25, 0.3) is 0 Å². The van der Waals surface area contributed by atoms with Gasteiger partial charge in [-0.05, 0) is 69.8 Å². The average Bonchev–Trinajstić information content (AvgIpc) is 3.29. The van der Waals surface area contributed by atoms with E-state index in [4.69, 9.17) is 0 Å². The Bertz CT molecular complexity index is 1670. The number of nitrogens with zero attached hydrogens (tertiary/aromatic N) is 1. The Kier molecular flexibility index (Phi) is 5.37. The third kappa shape index (κ3) is 3.54. The molecule has 0 spiro atoms. The van der Waals surface area contributed by atoms with Crippen molar-refractivity contribution in [3.05, 3.63) is 174 Å². The van der Waals surface area contributed by atoms with Crippen LogP contribution in [0.2, 0.25) is 0 Å². The van der Waals surface area contributed by atoms with E-state index < -0.39 is 5.41 Å². The molecule has 1 aromatic heterocycles. The molecule has 0 radical (unpaired) electrons. The lowest BCUT2D eigenvalue weighted by Crippen LogP contribution is -2.28. The zero-order valence-corrected chi connectivity index (χ0v) is 20.9. The van der Waals surface area contributed by atoms with Crippen molar-refractivity contribution in [2.75, 3.05) is 5.32 Å². The van der Waals surface area contributed by atoms with Crippen molar-refractivity contribution in [2.24, 2.45) is 0 Å². The van der Waals surface area contributed by atoms with Crippen LogP contribution >= 0.6 is 0 Å². The Labute approximate surface area is 223 Å². The summed E-state index contributed by atoms with van der Waals surface area (Å²) in [6.45, 7) is 0. The first-order valence-electron chi connectivity index (χ1n) is 13.0. The zero-order valence-electron chi connectivity index (χ0n) is 20.9. The van der Waals surface area contributed by atoms with Gasteiger partial charge in [0.1, 0.15) is 0 Å². The Hall–Kier alpha value is -4.95. The monoisotopic (exact) mass is 486 g/mol. The third-order valence-electron chi connectivity index (χ3n) is 7.59. The molecular formula is C36H26N2. The van der Waals surface area contributed by atoms with Gasteiger partial charge in [-0.2, -0.15) is 0 Å². The number of fused-ring (bicyclic) bond motifs is 3. The predicted octanol–water partition coefficient (Wildman–Crippen LogP) is 8.86. The van der Waals surface area contributed by atoms with Crippen molar-refractivity contribution in [3.63, 3.8) is 0 Å². The molecule has 0 fully saturated rings. The van der Waals surface area contributed by atoms with Crippen LogP contribution in [0.5, 0.6) is 0 Å². The molecule has 38 heavy (non-hydrogen) atoms. The zero-order chi connectivity index (χ0) is 25.4. The topological polar surface area (TPSA) is 24.9 Å². The van der Waals surface area contributed by atoms with Gasteiger partial charge in [0.15, 0.2) is 0 Å². The number of nitrogens with one attached hydrogen (secondary N) is 1. The molecule has 0 aliphatic heterocycles. The van der Waals surface area contributed by atoms with Crippen molar-refractivity contribution in [2.45, 2.75) is 5.41 Å². The second kappa shape index (κ2) is 9.17. The van der Waals surface area contributed by atoms with E-state index in [9.17, 15) is 0 Å². The smallest absolute Gasteiger partial charge is 0.0714 e. The van der Waals surface area contributed by atoms with Gasteiger partial charge in [-0.1, -0.05) is 109 Å². The molecule has 5 aromatic carbocycles. The van der Waals surface area contributed by atoms with E-state index in [1.54, 1.807) is 0 Å². The quantitative estimate of drug-likeness (QED) is 0.263. The molecule has 1 heterocycles. The van der Waals surface area contributed by atoms with E-state index in [2.05, 4.69) is 138 Å². The fraction of sp³-hybridized carbons (Fsp3) is 0.0278. The number of aromatic nitrogens is 1. The highest BCUT2D eigenvalue weighted by atomic mass is 14.9. The van der Waals surface area contributed by atoms with Gasteiger partial charge in [-0.3, -0.25) is 4.98 Å². The number of anilines is 2. The van der Waals surface area contributed by atoms with Crippen LogP contribution in [0.15, 0.2) is 152 Å². The van der Waals surface area contributed by atoms with Crippen molar-refractivity contribution in [1.29, 1.82) is 0 Å². The highest BCUT2D eigenvalue weighted by molar-refractivity contribution is 5.88. The molecule has 0 unspecified atom stereocenters. The van der Waals surface area contributed by atoms with Crippen LogP contribution in [0.1, 0.15) is 22.3 Å². The summed E-state index contributed by atoms with van der Waals surface area (Å²) < 4.78 is 0. The molecule has 0 atom stereocenters. The molecule has 2 heteroatoms. The molecule has 180 valence electrons. The second-order valence-corrected chi connectivity index (χ2v) is 9.71. The summed E-state index contributed by atoms with van der Waals surface area (Å²) in [6.07, 6.45) is 1.83. The van der Waals surface area contributed by atoms with E-state index in [1.807, 2.05) is 24.4 Å². The molecule has 1 N–H and O–H groups in total.